The van der Waals surface area contributed by atoms with Gasteiger partial charge in [-0.05, 0) is 18.3 Å². The molecule has 0 spiro atoms. The summed E-state index contributed by atoms with van der Waals surface area (Å²) in [4.78, 5) is 11.8. The molecule has 0 radical (unpaired) electrons. The van der Waals surface area contributed by atoms with Crippen LogP contribution >= 0.6 is 0 Å². The van der Waals surface area contributed by atoms with Gasteiger partial charge in [0.2, 0.25) is 0 Å². The van der Waals surface area contributed by atoms with Crippen LogP contribution in [0.3, 0.4) is 0 Å². The fraction of sp³-hybridized carbons (Fsp3) is 0.909. The third-order valence-electron chi connectivity index (χ3n) is 3.34. The van der Waals surface area contributed by atoms with Crippen molar-refractivity contribution in [2.24, 2.45) is 5.41 Å². The summed E-state index contributed by atoms with van der Waals surface area (Å²) in [5.41, 5.74) is 0.262. The molecule has 1 aliphatic carbocycles. The maximum Gasteiger partial charge on any atom is 0.164 e. The number of ketones is 1. The summed E-state index contributed by atoms with van der Waals surface area (Å²) in [6, 6.07) is 0. The van der Waals surface area contributed by atoms with E-state index in [9.17, 15) is 4.79 Å². The minimum atomic E-state index is -0.291. The molecule has 0 aromatic rings. The molecule has 2 rings (SSSR count). The topological polar surface area (TPSA) is 35.5 Å². The van der Waals surface area contributed by atoms with E-state index in [4.69, 9.17) is 9.47 Å². The van der Waals surface area contributed by atoms with Gasteiger partial charge in [-0.3, -0.25) is 4.79 Å². The third kappa shape index (κ3) is 2.15. The number of carbonyl (C=O) groups is 1. The van der Waals surface area contributed by atoms with Gasteiger partial charge in [-0.15, -0.1) is 0 Å². The minimum Gasteiger partial charge on any atom is -0.376 e. The lowest BCUT2D eigenvalue weighted by Crippen LogP contribution is -2.39. The average molecular weight is 198 g/mol. The van der Waals surface area contributed by atoms with Gasteiger partial charge in [-0.25, -0.2) is 0 Å². The maximum atomic E-state index is 11.8. The van der Waals surface area contributed by atoms with E-state index in [2.05, 4.69) is 6.92 Å². The molecule has 2 fully saturated rings. The quantitative estimate of drug-likeness (QED) is 0.690. The molecular weight excluding hydrogens is 180 g/mol. The van der Waals surface area contributed by atoms with Crippen LogP contribution in [0.15, 0.2) is 0 Å². The predicted octanol–water partition coefficient (Wildman–Crippen LogP) is 1.55. The third-order valence-corrected chi connectivity index (χ3v) is 3.34. The van der Waals surface area contributed by atoms with Crippen LogP contribution in [-0.4, -0.2) is 31.7 Å². The standard InChI is InChI=1S/C11H18O3/c1-11(3-2-4-11)7-9(12)10-8-13-5-6-14-10/h10H,2-8H2,1H3. The van der Waals surface area contributed by atoms with Crippen LogP contribution in [0.2, 0.25) is 0 Å². The Labute approximate surface area is 84.8 Å². The van der Waals surface area contributed by atoms with E-state index < -0.39 is 0 Å². The van der Waals surface area contributed by atoms with Crippen LogP contribution in [-0.2, 0) is 14.3 Å². The van der Waals surface area contributed by atoms with E-state index in [1.54, 1.807) is 0 Å². The molecule has 1 unspecified atom stereocenters. The van der Waals surface area contributed by atoms with Crippen molar-refractivity contribution in [3.63, 3.8) is 0 Å². The van der Waals surface area contributed by atoms with Crippen LogP contribution in [0.1, 0.15) is 32.6 Å². The van der Waals surface area contributed by atoms with Gasteiger partial charge in [0.05, 0.1) is 19.8 Å². The molecule has 1 saturated carbocycles. The Morgan fingerprint density at radius 1 is 1.43 bits per heavy atom. The molecule has 0 bridgehead atoms. The van der Waals surface area contributed by atoms with E-state index >= 15 is 0 Å². The lowest BCUT2D eigenvalue weighted by molar-refractivity contribution is -0.148. The molecule has 0 aromatic heterocycles. The van der Waals surface area contributed by atoms with E-state index in [1.807, 2.05) is 0 Å². The normalized spacial score (nSPS) is 30.8. The SMILES string of the molecule is CC1(CC(=O)C2COCCO2)CCC1. The van der Waals surface area contributed by atoms with Crippen LogP contribution in [0, 0.1) is 5.41 Å². The highest BCUT2D eigenvalue weighted by Gasteiger charge is 2.36. The second-order valence-electron chi connectivity index (χ2n) is 4.74. The van der Waals surface area contributed by atoms with E-state index in [0.717, 1.165) is 0 Å². The van der Waals surface area contributed by atoms with Crippen molar-refractivity contribution in [1.29, 1.82) is 0 Å². The molecule has 3 nitrogen and oxygen atoms in total. The zero-order valence-electron chi connectivity index (χ0n) is 8.75. The predicted molar refractivity (Wildman–Crippen MR) is 52.1 cm³/mol. The van der Waals surface area contributed by atoms with Crippen LogP contribution in [0.25, 0.3) is 0 Å². The fourth-order valence-corrected chi connectivity index (χ4v) is 2.17. The first-order chi connectivity index (χ1) is 6.70. The largest absolute Gasteiger partial charge is 0.376 e. The highest BCUT2D eigenvalue weighted by molar-refractivity contribution is 5.84. The van der Waals surface area contributed by atoms with Crippen molar-refractivity contribution in [2.75, 3.05) is 19.8 Å². The van der Waals surface area contributed by atoms with E-state index in [0.29, 0.717) is 26.2 Å². The summed E-state index contributed by atoms with van der Waals surface area (Å²) < 4.78 is 10.6. The summed E-state index contributed by atoms with van der Waals surface area (Å²) in [6.45, 7) is 3.83. The molecule has 0 N–H and O–H groups in total. The maximum absolute atomic E-state index is 11.8. The van der Waals surface area contributed by atoms with Gasteiger partial charge in [-0.2, -0.15) is 0 Å². The summed E-state index contributed by atoms with van der Waals surface area (Å²) in [7, 11) is 0. The molecule has 1 saturated heterocycles. The number of hydrogen-bond donors (Lipinski definition) is 0. The number of hydrogen-bond acceptors (Lipinski definition) is 3. The molecule has 14 heavy (non-hydrogen) atoms. The molecule has 2 aliphatic rings. The van der Waals surface area contributed by atoms with Crippen LogP contribution in [0.4, 0.5) is 0 Å². The highest BCUT2D eigenvalue weighted by atomic mass is 16.6. The molecule has 3 heteroatoms. The second kappa shape index (κ2) is 3.99. The number of ether oxygens (including phenoxy) is 2. The summed E-state index contributed by atoms with van der Waals surface area (Å²) >= 11 is 0. The molecule has 80 valence electrons. The van der Waals surface area contributed by atoms with Gasteiger partial charge in [-0.1, -0.05) is 13.3 Å². The lowest BCUT2D eigenvalue weighted by Gasteiger charge is -2.38. The molecule has 1 atom stereocenters. The zero-order chi connectivity index (χ0) is 10.0. The van der Waals surface area contributed by atoms with Crippen molar-refractivity contribution >= 4 is 5.78 Å². The molecule has 0 amide bonds. The van der Waals surface area contributed by atoms with Crippen molar-refractivity contribution in [2.45, 2.75) is 38.7 Å². The van der Waals surface area contributed by atoms with Gasteiger partial charge in [0.1, 0.15) is 6.10 Å². The Balaban J connectivity index is 1.81. The average Bonchev–Trinajstić information content (AvgIpc) is 2.17. The Morgan fingerprint density at radius 3 is 2.71 bits per heavy atom. The monoisotopic (exact) mass is 198 g/mol. The first-order valence-corrected chi connectivity index (χ1v) is 5.42. The number of carbonyl (C=O) groups excluding carboxylic acids is 1. The van der Waals surface area contributed by atoms with Crippen LogP contribution < -0.4 is 0 Å². The Morgan fingerprint density at radius 2 is 2.21 bits per heavy atom. The van der Waals surface area contributed by atoms with E-state index in [-0.39, 0.29) is 17.3 Å². The van der Waals surface area contributed by atoms with Crippen molar-refractivity contribution in [3.05, 3.63) is 0 Å². The van der Waals surface area contributed by atoms with Crippen molar-refractivity contribution in [3.8, 4) is 0 Å². The van der Waals surface area contributed by atoms with Gasteiger partial charge in [0, 0.05) is 6.42 Å². The zero-order valence-corrected chi connectivity index (χ0v) is 8.75. The Hall–Kier alpha value is -0.410. The van der Waals surface area contributed by atoms with E-state index in [1.165, 1.54) is 19.3 Å². The van der Waals surface area contributed by atoms with Gasteiger partial charge < -0.3 is 9.47 Å². The van der Waals surface area contributed by atoms with Crippen LogP contribution in [0.5, 0.6) is 0 Å². The number of rotatable bonds is 3. The summed E-state index contributed by atoms with van der Waals surface area (Å²) in [5, 5.41) is 0. The van der Waals surface area contributed by atoms with Gasteiger partial charge in [0.25, 0.3) is 0 Å². The Kier molecular flexibility index (Phi) is 2.88. The fourth-order valence-electron chi connectivity index (χ4n) is 2.17. The smallest absolute Gasteiger partial charge is 0.164 e. The summed E-state index contributed by atoms with van der Waals surface area (Å²) in [6.07, 6.45) is 4.02. The molecular formula is C11H18O3. The Bertz CT molecular complexity index is 215. The van der Waals surface area contributed by atoms with Gasteiger partial charge in [0.15, 0.2) is 5.78 Å². The van der Waals surface area contributed by atoms with Crippen molar-refractivity contribution in [1.82, 2.24) is 0 Å². The number of Topliss-reactive ketones (excluding diaryl/α,β-unsaturated/α-hetero) is 1. The minimum absolute atomic E-state index is 0.229. The first kappa shape index (κ1) is 10.1. The summed E-state index contributed by atoms with van der Waals surface area (Å²) in [5.74, 6) is 0.229. The van der Waals surface area contributed by atoms with Crippen molar-refractivity contribution < 1.29 is 14.3 Å². The molecule has 0 aromatic carbocycles. The second-order valence-corrected chi connectivity index (χ2v) is 4.74. The molecule has 1 aliphatic heterocycles. The first-order valence-electron chi connectivity index (χ1n) is 5.42. The highest BCUT2D eigenvalue weighted by Crippen LogP contribution is 2.43. The molecule has 1 heterocycles. The lowest BCUT2D eigenvalue weighted by atomic mass is 9.67. The van der Waals surface area contributed by atoms with Gasteiger partial charge >= 0.3 is 0 Å².